The molecule has 24 heavy (non-hydrogen) atoms. The van der Waals surface area contributed by atoms with Crippen LogP contribution in [0.15, 0.2) is 43.0 Å². The van der Waals surface area contributed by atoms with Crippen molar-refractivity contribution >= 4 is 11.0 Å². The fraction of sp³-hybridized carbons (Fsp3) is 0.211. The van der Waals surface area contributed by atoms with E-state index in [1.165, 1.54) is 16.7 Å². The maximum absolute atomic E-state index is 4.44. The van der Waals surface area contributed by atoms with Gasteiger partial charge in [-0.3, -0.25) is 4.57 Å². The van der Waals surface area contributed by atoms with E-state index in [9.17, 15) is 0 Å². The zero-order chi connectivity index (χ0) is 16.8. The van der Waals surface area contributed by atoms with Crippen molar-refractivity contribution in [1.82, 2.24) is 24.3 Å². The molecule has 0 saturated carbocycles. The Hall–Kier alpha value is -2.95. The van der Waals surface area contributed by atoms with Crippen LogP contribution in [0.4, 0.5) is 0 Å². The van der Waals surface area contributed by atoms with Gasteiger partial charge >= 0.3 is 0 Å². The molecule has 5 nitrogen and oxygen atoms in total. The summed E-state index contributed by atoms with van der Waals surface area (Å²) in [6.07, 6.45) is 3.61. The number of hydrogen-bond donors (Lipinski definition) is 0. The van der Waals surface area contributed by atoms with Gasteiger partial charge in [-0.1, -0.05) is 17.7 Å². The van der Waals surface area contributed by atoms with Crippen molar-refractivity contribution < 1.29 is 0 Å². The van der Waals surface area contributed by atoms with E-state index in [1.807, 2.05) is 17.9 Å². The molecule has 0 aliphatic rings. The van der Waals surface area contributed by atoms with E-state index in [0.29, 0.717) is 0 Å². The minimum atomic E-state index is 0.831. The molecular weight excluding hydrogens is 298 g/mol. The lowest BCUT2D eigenvalue weighted by molar-refractivity contribution is 0.947. The Morgan fingerprint density at radius 1 is 0.917 bits per heavy atom. The standard InChI is InChI=1S/C19H19N5/c1-12-7-13(2)18(14(3)8-12)24-11-21-22-19(24)15-5-6-17-16(9-15)20-10-23(17)4/h5-11H,1-4H3. The molecule has 0 saturated heterocycles. The summed E-state index contributed by atoms with van der Waals surface area (Å²) in [4.78, 5) is 4.44. The number of imidazole rings is 1. The van der Waals surface area contributed by atoms with Crippen LogP contribution in [0.2, 0.25) is 0 Å². The van der Waals surface area contributed by atoms with Gasteiger partial charge in [0.15, 0.2) is 5.82 Å². The van der Waals surface area contributed by atoms with Gasteiger partial charge in [0, 0.05) is 12.6 Å². The molecule has 5 heteroatoms. The lowest BCUT2D eigenvalue weighted by Gasteiger charge is -2.14. The van der Waals surface area contributed by atoms with Crippen LogP contribution in [-0.4, -0.2) is 24.3 Å². The summed E-state index contributed by atoms with van der Waals surface area (Å²) in [7, 11) is 2.00. The molecule has 120 valence electrons. The first-order valence-electron chi connectivity index (χ1n) is 7.94. The predicted molar refractivity (Wildman–Crippen MR) is 95.3 cm³/mol. The molecule has 2 aromatic carbocycles. The fourth-order valence-corrected chi connectivity index (χ4v) is 3.42. The van der Waals surface area contributed by atoms with Crippen LogP contribution in [-0.2, 0) is 7.05 Å². The molecule has 0 aliphatic carbocycles. The quantitative estimate of drug-likeness (QED) is 0.566. The van der Waals surface area contributed by atoms with Gasteiger partial charge in [-0.2, -0.15) is 0 Å². The van der Waals surface area contributed by atoms with Gasteiger partial charge < -0.3 is 4.57 Å². The van der Waals surface area contributed by atoms with E-state index >= 15 is 0 Å². The third-order valence-corrected chi connectivity index (χ3v) is 4.41. The molecule has 0 bridgehead atoms. The summed E-state index contributed by atoms with van der Waals surface area (Å²) < 4.78 is 4.08. The molecule has 2 aromatic heterocycles. The van der Waals surface area contributed by atoms with Crippen molar-refractivity contribution in [2.24, 2.45) is 7.05 Å². The van der Waals surface area contributed by atoms with Crippen LogP contribution in [0.25, 0.3) is 28.1 Å². The molecule has 0 atom stereocenters. The average Bonchev–Trinajstić information content (AvgIpc) is 3.13. The molecule has 0 aliphatic heterocycles. The third-order valence-electron chi connectivity index (χ3n) is 4.41. The second-order valence-electron chi connectivity index (χ2n) is 6.33. The molecule has 0 radical (unpaired) electrons. The van der Waals surface area contributed by atoms with Crippen LogP contribution < -0.4 is 0 Å². The maximum Gasteiger partial charge on any atom is 0.168 e. The van der Waals surface area contributed by atoms with Crippen molar-refractivity contribution in [3.63, 3.8) is 0 Å². The Morgan fingerprint density at radius 3 is 2.42 bits per heavy atom. The minimum absolute atomic E-state index is 0.831. The molecule has 0 spiro atoms. The van der Waals surface area contributed by atoms with E-state index in [1.54, 1.807) is 6.33 Å². The highest BCUT2D eigenvalue weighted by Crippen LogP contribution is 2.27. The second kappa shape index (κ2) is 5.30. The van der Waals surface area contributed by atoms with E-state index in [4.69, 9.17) is 0 Å². The van der Waals surface area contributed by atoms with Crippen molar-refractivity contribution in [3.05, 3.63) is 59.7 Å². The van der Waals surface area contributed by atoms with E-state index in [2.05, 4.69) is 70.9 Å². The van der Waals surface area contributed by atoms with Crippen LogP contribution in [0.3, 0.4) is 0 Å². The summed E-state index contributed by atoms with van der Waals surface area (Å²) in [5.74, 6) is 0.831. The minimum Gasteiger partial charge on any atom is -0.334 e. The van der Waals surface area contributed by atoms with Crippen LogP contribution in [0, 0.1) is 20.8 Å². The highest BCUT2D eigenvalue weighted by Gasteiger charge is 2.14. The number of aryl methyl sites for hydroxylation is 4. The number of rotatable bonds is 2. The van der Waals surface area contributed by atoms with Gasteiger partial charge in [-0.15, -0.1) is 10.2 Å². The van der Waals surface area contributed by atoms with Crippen molar-refractivity contribution in [2.45, 2.75) is 20.8 Å². The second-order valence-corrected chi connectivity index (χ2v) is 6.33. The normalized spacial score (nSPS) is 11.3. The Morgan fingerprint density at radius 2 is 1.67 bits per heavy atom. The molecule has 0 amide bonds. The smallest absolute Gasteiger partial charge is 0.168 e. The van der Waals surface area contributed by atoms with E-state index in [0.717, 1.165) is 28.1 Å². The predicted octanol–water partition coefficient (Wildman–Crippen LogP) is 3.75. The Balaban J connectivity index is 1.91. The van der Waals surface area contributed by atoms with Gasteiger partial charge in [0.2, 0.25) is 0 Å². The summed E-state index contributed by atoms with van der Waals surface area (Å²) >= 11 is 0. The highest BCUT2D eigenvalue weighted by molar-refractivity contribution is 5.81. The third kappa shape index (κ3) is 2.21. The Labute approximate surface area is 140 Å². The maximum atomic E-state index is 4.44. The lowest BCUT2D eigenvalue weighted by atomic mass is 10.0. The topological polar surface area (TPSA) is 48.5 Å². The van der Waals surface area contributed by atoms with Gasteiger partial charge in [-0.05, 0) is 50.1 Å². The molecule has 0 unspecified atom stereocenters. The summed E-state index contributed by atoms with van der Waals surface area (Å²) in [6, 6.07) is 10.6. The van der Waals surface area contributed by atoms with Gasteiger partial charge in [-0.25, -0.2) is 4.98 Å². The van der Waals surface area contributed by atoms with Crippen LogP contribution in [0.5, 0.6) is 0 Å². The monoisotopic (exact) mass is 317 g/mol. The number of aromatic nitrogens is 5. The molecule has 0 fully saturated rings. The summed E-state index contributed by atoms with van der Waals surface area (Å²) in [5.41, 5.74) is 7.91. The number of hydrogen-bond acceptors (Lipinski definition) is 3. The number of fused-ring (bicyclic) bond motifs is 1. The molecule has 4 aromatic rings. The summed E-state index contributed by atoms with van der Waals surface area (Å²) in [5, 5.41) is 8.51. The Bertz CT molecular complexity index is 1030. The largest absolute Gasteiger partial charge is 0.334 e. The van der Waals surface area contributed by atoms with Crippen LogP contribution in [0.1, 0.15) is 16.7 Å². The molecular formula is C19H19N5. The van der Waals surface area contributed by atoms with Gasteiger partial charge in [0.05, 0.1) is 23.0 Å². The zero-order valence-electron chi connectivity index (χ0n) is 14.3. The molecule has 0 N–H and O–H groups in total. The Kier molecular flexibility index (Phi) is 3.23. The highest BCUT2D eigenvalue weighted by atomic mass is 15.3. The number of nitrogens with zero attached hydrogens (tertiary/aromatic N) is 5. The van der Waals surface area contributed by atoms with Crippen molar-refractivity contribution in [3.8, 4) is 17.1 Å². The van der Waals surface area contributed by atoms with E-state index in [-0.39, 0.29) is 0 Å². The van der Waals surface area contributed by atoms with Crippen molar-refractivity contribution in [1.29, 1.82) is 0 Å². The van der Waals surface area contributed by atoms with E-state index < -0.39 is 0 Å². The number of benzene rings is 2. The van der Waals surface area contributed by atoms with Crippen LogP contribution >= 0.6 is 0 Å². The molecule has 4 rings (SSSR count). The van der Waals surface area contributed by atoms with Crippen molar-refractivity contribution in [2.75, 3.05) is 0 Å². The first-order valence-corrected chi connectivity index (χ1v) is 7.94. The zero-order valence-corrected chi connectivity index (χ0v) is 14.3. The average molecular weight is 317 g/mol. The SMILES string of the molecule is Cc1cc(C)c(-n2cnnc2-c2ccc3c(c2)ncn3C)c(C)c1. The molecule has 2 heterocycles. The first kappa shape index (κ1) is 14.6. The fourth-order valence-electron chi connectivity index (χ4n) is 3.42. The summed E-state index contributed by atoms with van der Waals surface area (Å²) in [6.45, 7) is 6.37. The lowest BCUT2D eigenvalue weighted by Crippen LogP contribution is -2.02. The van der Waals surface area contributed by atoms with Gasteiger partial charge in [0.1, 0.15) is 6.33 Å². The van der Waals surface area contributed by atoms with Gasteiger partial charge in [0.25, 0.3) is 0 Å². The first-order chi connectivity index (χ1) is 11.5.